The molecule has 0 aliphatic carbocycles. The largest absolute Gasteiger partial charge is 0.356 e. The molecule has 108 valence electrons. The van der Waals surface area contributed by atoms with Gasteiger partial charge < -0.3 is 15.5 Å². The second-order valence-electron chi connectivity index (χ2n) is 3.80. The molecule has 7 heteroatoms. The number of thioether (sulfide) groups is 1. The van der Waals surface area contributed by atoms with Gasteiger partial charge in [0.05, 0.1) is 0 Å². The van der Waals surface area contributed by atoms with Crippen molar-refractivity contribution in [3.63, 3.8) is 0 Å². The molecule has 5 nitrogen and oxygen atoms in total. The van der Waals surface area contributed by atoms with E-state index in [0.717, 1.165) is 31.2 Å². The van der Waals surface area contributed by atoms with Crippen LogP contribution in [0.5, 0.6) is 0 Å². The van der Waals surface area contributed by atoms with Gasteiger partial charge >= 0.3 is 0 Å². The Morgan fingerprint density at radius 1 is 1.28 bits per heavy atom. The van der Waals surface area contributed by atoms with E-state index in [0.29, 0.717) is 0 Å². The van der Waals surface area contributed by atoms with Gasteiger partial charge in [0.1, 0.15) is 6.54 Å². The van der Waals surface area contributed by atoms with Gasteiger partial charge in [-0.05, 0) is 12.7 Å². The summed E-state index contributed by atoms with van der Waals surface area (Å²) in [6.45, 7) is 4.00. The summed E-state index contributed by atoms with van der Waals surface area (Å²) in [7, 11) is 3.47. The van der Waals surface area contributed by atoms with Crippen molar-refractivity contribution in [3.8, 4) is 0 Å². The number of hydrogen-bond donors (Lipinski definition) is 2. The summed E-state index contributed by atoms with van der Waals surface area (Å²) >= 11 is 1.78. The van der Waals surface area contributed by atoms with Crippen LogP contribution in [0.4, 0.5) is 0 Å². The number of guanidine groups is 1. The summed E-state index contributed by atoms with van der Waals surface area (Å²) in [6.07, 6.45) is 3.10. The zero-order valence-electron chi connectivity index (χ0n) is 11.7. The SMILES string of the molecule is CCCNC(=NCC(=O)N(C)C)NCCSC.I. The first-order valence-electron chi connectivity index (χ1n) is 5.83. The summed E-state index contributed by atoms with van der Waals surface area (Å²) in [5, 5.41) is 6.38. The number of hydrogen-bond acceptors (Lipinski definition) is 3. The number of rotatable bonds is 7. The van der Waals surface area contributed by atoms with E-state index in [1.165, 1.54) is 0 Å². The molecule has 0 aromatic carbocycles. The van der Waals surface area contributed by atoms with Crippen LogP contribution in [0.1, 0.15) is 13.3 Å². The van der Waals surface area contributed by atoms with Gasteiger partial charge in [0.15, 0.2) is 5.96 Å². The molecule has 0 rings (SSSR count). The number of aliphatic imine (C=N–C) groups is 1. The molecule has 0 aromatic rings. The van der Waals surface area contributed by atoms with Crippen molar-refractivity contribution in [2.75, 3.05) is 45.7 Å². The highest BCUT2D eigenvalue weighted by Crippen LogP contribution is 1.87. The molecule has 0 radical (unpaired) electrons. The van der Waals surface area contributed by atoms with Crippen LogP contribution in [0.3, 0.4) is 0 Å². The van der Waals surface area contributed by atoms with Crippen LogP contribution in [0.25, 0.3) is 0 Å². The average Bonchev–Trinajstić information content (AvgIpc) is 2.31. The van der Waals surface area contributed by atoms with E-state index in [1.807, 2.05) is 0 Å². The van der Waals surface area contributed by atoms with Crippen molar-refractivity contribution in [3.05, 3.63) is 0 Å². The van der Waals surface area contributed by atoms with Crippen LogP contribution in [-0.4, -0.2) is 62.5 Å². The van der Waals surface area contributed by atoms with E-state index in [1.54, 1.807) is 30.8 Å². The summed E-state index contributed by atoms with van der Waals surface area (Å²) in [5.41, 5.74) is 0. The van der Waals surface area contributed by atoms with Crippen molar-refractivity contribution in [1.82, 2.24) is 15.5 Å². The fourth-order valence-electron chi connectivity index (χ4n) is 0.977. The zero-order valence-corrected chi connectivity index (χ0v) is 14.8. The van der Waals surface area contributed by atoms with Gasteiger partial charge in [-0.15, -0.1) is 24.0 Å². The van der Waals surface area contributed by atoms with Gasteiger partial charge in [0.2, 0.25) is 5.91 Å². The lowest BCUT2D eigenvalue weighted by atomic mass is 10.5. The van der Waals surface area contributed by atoms with Crippen LogP contribution in [0.15, 0.2) is 4.99 Å². The molecular weight excluding hydrogens is 363 g/mol. The highest BCUT2D eigenvalue weighted by molar-refractivity contribution is 14.0. The number of nitrogens with one attached hydrogen (secondary N) is 2. The Balaban J connectivity index is 0. The van der Waals surface area contributed by atoms with Gasteiger partial charge in [-0.2, -0.15) is 11.8 Å². The number of carbonyl (C=O) groups is 1. The Labute approximate surface area is 132 Å². The first-order valence-corrected chi connectivity index (χ1v) is 7.22. The van der Waals surface area contributed by atoms with Crippen molar-refractivity contribution in [2.24, 2.45) is 4.99 Å². The maximum atomic E-state index is 11.4. The quantitative estimate of drug-likeness (QED) is 0.296. The molecule has 0 spiro atoms. The number of carbonyl (C=O) groups excluding carboxylic acids is 1. The third-order valence-corrected chi connectivity index (χ3v) is 2.62. The normalized spacial score (nSPS) is 10.6. The van der Waals surface area contributed by atoms with Crippen molar-refractivity contribution in [2.45, 2.75) is 13.3 Å². The van der Waals surface area contributed by atoms with Gasteiger partial charge in [-0.3, -0.25) is 4.79 Å². The van der Waals surface area contributed by atoms with Gasteiger partial charge in [-0.25, -0.2) is 4.99 Å². The monoisotopic (exact) mass is 388 g/mol. The molecule has 18 heavy (non-hydrogen) atoms. The Hall–Kier alpha value is -0.180. The molecule has 0 aromatic heterocycles. The molecule has 0 aliphatic rings. The fraction of sp³-hybridized carbons (Fsp3) is 0.818. The molecule has 0 fully saturated rings. The van der Waals surface area contributed by atoms with E-state index in [9.17, 15) is 4.79 Å². The molecule has 0 saturated heterocycles. The second-order valence-corrected chi connectivity index (χ2v) is 4.78. The maximum absolute atomic E-state index is 11.4. The number of likely N-dealkylation sites (N-methyl/N-ethyl adjacent to an activating group) is 1. The van der Waals surface area contributed by atoms with Crippen molar-refractivity contribution in [1.29, 1.82) is 0 Å². The van der Waals surface area contributed by atoms with Crippen LogP contribution in [-0.2, 0) is 4.79 Å². The fourth-order valence-corrected chi connectivity index (χ4v) is 1.28. The van der Waals surface area contributed by atoms with E-state index in [4.69, 9.17) is 0 Å². The molecule has 0 bridgehead atoms. The van der Waals surface area contributed by atoms with Crippen LogP contribution >= 0.6 is 35.7 Å². The van der Waals surface area contributed by atoms with Gasteiger partial charge in [0.25, 0.3) is 0 Å². The molecule has 0 aliphatic heterocycles. The lowest BCUT2D eigenvalue weighted by Gasteiger charge is -2.12. The van der Waals surface area contributed by atoms with Crippen LogP contribution in [0, 0.1) is 0 Å². The molecule has 0 unspecified atom stereocenters. The van der Waals surface area contributed by atoms with Crippen molar-refractivity contribution < 1.29 is 4.79 Å². The molecule has 0 saturated carbocycles. The number of amides is 1. The smallest absolute Gasteiger partial charge is 0.243 e. The summed E-state index contributed by atoms with van der Waals surface area (Å²) in [5.74, 6) is 1.75. The zero-order chi connectivity index (χ0) is 13.1. The Kier molecular flexibility index (Phi) is 14.8. The third kappa shape index (κ3) is 10.9. The average molecular weight is 388 g/mol. The summed E-state index contributed by atoms with van der Waals surface area (Å²) < 4.78 is 0. The minimum absolute atomic E-state index is 0. The summed E-state index contributed by atoms with van der Waals surface area (Å²) in [6, 6.07) is 0. The van der Waals surface area contributed by atoms with Gasteiger partial charge in [0, 0.05) is 32.9 Å². The minimum Gasteiger partial charge on any atom is -0.356 e. The number of nitrogens with zero attached hydrogens (tertiary/aromatic N) is 2. The topological polar surface area (TPSA) is 56.7 Å². The molecule has 0 atom stereocenters. The molecule has 0 heterocycles. The highest BCUT2D eigenvalue weighted by Gasteiger charge is 2.03. The predicted molar refractivity (Wildman–Crippen MR) is 91.1 cm³/mol. The van der Waals surface area contributed by atoms with Crippen molar-refractivity contribution >= 4 is 47.6 Å². The summed E-state index contributed by atoms with van der Waals surface area (Å²) in [4.78, 5) is 17.2. The van der Waals surface area contributed by atoms with Crippen LogP contribution < -0.4 is 10.6 Å². The Bertz CT molecular complexity index is 249. The van der Waals surface area contributed by atoms with E-state index >= 15 is 0 Å². The lowest BCUT2D eigenvalue weighted by molar-refractivity contribution is -0.127. The first-order chi connectivity index (χ1) is 8.11. The standard InChI is InChI=1S/C11H24N4OS.HI/c1-5-6-12-11(13-7-8-17-4)14-9-10(16)15(2)3;/h5-9H2,1-4H3,(H2,12,13,14);1H. The third-order valence-electron chi connectivity index (χ3n) is 2.01. The number of halogens is 1. The van der Waals surface area contributed by atoms with E-state index < -0.39 is 0 Å². The van der Waals surface area contributed by atoms with E-state index in [-0.39, 0.29) is 36.4 Å². The Morgan fingerprint density at radius 3 is 2.39 bits per heavy atom. The maximum Gasteiger partial charge on any atom is 0.243 e. The van der Waals surface area contributed by atoms with Crippen LogP contribution in [0.2, 0.25) is 0 Å². The Morgan fingerprint density at radius 2 is 1.89 bits per heavy atom. The first kappa shape index (κ1) is 20.1. The molecular formula is C11H25IN4OS. The minimum atomic E-state index is 0. The lowest BCUT2D eigenvalue weighted by Crippen LogP contribution is -2.39. The van der Waals surface area contributed by atoms with Gasteiger partial charge in [-0.1, -0.05) is 6.92 Å². The molecule has 1 amide bonds. The highest BCUT2D eigenvalue weighted by atomic mass is 127. The predicted octanol–water partition coefficient (Wildman–Crippen LogP) is 1.00. The molecule has 2 N–H and O–H groups in total. The van der Waals surface area contributed by atoms with E-state index in [2.05, 4.69) is 28.8 Å². The second kappa shape index (κ2) is 13.3.